The Hall–Kier alpha value is -1.30. The molecule has 5 nitrogen and oxygen atoms in total. The predicted octanol–water partition coefficient (Wildman–Crippen LogP) is 1.86. The van der Waals surface area contributed by atoms with Crippen LogP contribution in [0.4, 0.5) is 0 Å². The van der Waals surface area contributed by atoms with Crippen molar-refractivity contribution in [2.24, 2.45) is 0 Å². The maximum Gasteiger partial charge on any atom is 0.254 e. The summed E-state index contributed by atoms with van der Waals surface area (Å²) in [6, 6.07) is 6.00. The molecule has 0 unspecified atom stereocenters. The van der Waals surface area contributed by atoms with E-state index in [-0.39, 0.29) is 12.0 Å². The molecule has 0 bridgehead atoms. The molecule has 3 rings (SSSR count). The van der Waals surface area contributed by atoms with Crippen LogP contribution in [0.25, 0.3) is 0 Å². The largest absolute Gasteiger partial charge is 0.488 e. The molecule has 0 saturated carbocycles. The quantitative estimate of drug-likeness (QED) is 0.911. The van der Waals surface area contributed by atoms with Crippen molar-refractivity contribution in [1.29, 1.82) is 0 Å². The average molecular weight is 338 g/mol. The van der Waals surface area contributed by atoms with Crippen molar-refractivity contribution in [3.63, 3.8) is 0 Å². The molecule has 2 fully saturated rings. The molecule has 1 aromatic carbocycles. The molecular formula is C17H24ClN3O2. The summed E-state index contributed by atoms with van der Waals surface area (Å²) in [6.07, 6.45) is 2.66. The molecule has 1 amide bonds. The average Bonchev–Trinajstić information content (AvgIpc) is 2.50. The summed E-state index contributed by atoms with van der Waals surface area (Å²) in [4.78, 5) is 16.0. The molecule has 2 aliphatic rings. The SMILES string of the molecule is CN(C)C(=O)c1ccc(OC2CN(C3CCNCC3)C2)cc1Cl. The van der Waals surface area contributed by atoms with Crippen molar-refractivity contribution in [2.45, 2.75) is 25.0 Å². The third-order valence-electron chi connectivity index (χ3n) is 4.58. The Morgan fingerprint density at radius 1 is 1.30 bits per heavy atom. The molecule has 1 N–H and O–H groups in total. The molecule has 0 radical (unpaired) electrons. The lowest BCUT2D eigenvalue weighted by molar-refractivity contribution is -0.0169. The van der Waals surface area contributed by atoms with E-state index in [9.17, 15) is 4.79 Å². The number of rotatable bonds is 4. The third kappa shape index (κ3) is 3.79. The second kappa shape index (κ2) is 7.07. The molecule has 1 aromatic rings. The van der Waals surface area contributed by atoms with Gasteiger partial charge in [-0.2, -0.15) is 0 Å². The van der Waals surface area contributed by atoms with Gasteiger partial charge in [-0.15, -0.1) is 0 Å². The van der Waals surface area contributed by atoms with Gasteiger partial charge < -0.3 is 15.0 Å². The van der Waals surface area contributed by atoms with Crippen molar-refractivity contribution in [1.82, 2.24) is 15.1 Å². The van der Waals surface area contributed by atoms with E-state index in [0.29, 0.717) is 16.6 Å². The first-order chi connectivity index (χ1) is 11.0. The fourth-order valence-corrected chi connectivity index (χ4v) is 3.44. The first-order valence-electron chi connectivity index (χ1n) is 8.17. The Kier molecular flexibility index (Phi) is 5.09. The first-order valence-corrected chi connectivity index (χ1v) is 8.55. The van der Waals surface area contributed by atoms with Gasteiger partial charge in [0, 0.05) is 33.2 Å². The zero-order valence-electron chi connectivity index (χ0n) is 13.7. The van der Waals surface area contributed by atoms with Crippen LogP contribution in [0.3, 0.4) is 0 Å². The van der Waals surface area contributed by atoms with Crippen LogP contribution in [0.1, 0.15) is 23.2 Å². The van der Waals surface area contributed by atoms with Gasteiger partial charge in [0.25, 0.3) is 5.91 Å². The van der Waals surface area contributed by atoms with E-state index in [4.69, 9.17) is 16.3 Å². The van der Waals surface area contributed by atoms with E-state index in [1.165, 1.54) is 17.7 Å². The van der Waals surface area contributed by atoms with Gasteiger partial charge in [-0.3, -0.25) is 9.69 Å². The number of hydrogen-bond acceptors (Lipinski definition) is 4. The fourth-order valence-electron chi connectivity index (χ4n) is 3.19. The van der Waals surface area contributed by atoms with Gasteiger partial charge in [-0.05, 0) is 44.1 Å². The predicted molar refractivity (Wildman–Crippen MR) is 91.4 cm³/mol. The van der Waals surface area contributed by atoms with Crippen LogP contribution >= 0.6 is 11.6 Å². The molecule has 6 heteroatoms. The van der Waals surface area contributed by atoms with Crippen LogP contribution in [0.15, 0.2) is 18.2 Å². The van der Waals surface area contributed by atoms with Gasteiger partial charge in [-0.25, -0.2) is 0 Å². The van der Waals surface area contributed by atoms with Crippen LogP contribution in [0.2, 0.25) is 5.02 Å². The standard InChI is InChI=1S/C17H24ClN3O2/c1-20(2)17(22)15-4-3-13(9-16(15)18)23-14-10-21(11-14)12-5-7-19-8-6-12/h3-4,9,12,14,19H,5-8,10-11H2,1-2H3. The highest BCUT2D eigenvalue weighted by Crippen LogP contribution is 2.27. The lowest BCUT2D eigenvalue weighted by Gasteiger charge is -2.45. The number of carbonyl (C=O) groups is 1. The normalized spacial score (nSPS) is 20.1. The zero-order valence-corrected chi connectivity index (χ0v) is 14.5. The second-order valence-corrected chi connectivity index (χ2v) is 6.92. The maximum atomic E-state index is 12.0. The first kappa shape index (κ1) is 16.6. The molecule has 2 heterocycles. The Labute approximate surface area is 142 Å². The van der Waals surface area contributed by atoms with E-state index in [2.05, 4.69) is 10.2 Å². The molecule has 2 saturated heterocycles. The number of nitrogens with one attached hydrogen (secondary N) is 1. The zero-order chi connectivity index (χ0) is 16.4. The molecule has 0 aromatic heterocycles. The number of benzene rings is 1. The van der Waals surface area contributed by atoms with E-state index in [1.54, 1.807) is 26.2 Å². The van der Waals surface area contributed by atoms with Crippen LogP contribution in [-0.2, 0) is 0 Å². The van der Waals surface area contributed by atoms with Gasteiger partial charge >= 0.3 is 0 Å². The Balaban J connectivity index is 1.53. The molecule has 23 heavy (non-hydrogen) atoms. The highest BCUT2D eigenvalue weighted by molar-refractivity contribution is 6.34. The summed E-state index contributed by atoms with van der Waals surface area (Å²) in [5.41, 5.74) is 0.508. The van der Waals surface area contributed by atoms with E-state index in [0.717, 1.165) is 31.9 Å². The molecule has 2 aliphatic heterocycles. The van der Waals surface area contributed by atoms with Crippen LogP contribution in [0.5, 0.6) is 5.75 Å². The third-order valence-corrected chi connectivity index (χ3v) is 4.89. The van der Waals surface area contributed by atoms with Crippen molar-refractivity contribution in [2.75, 3.05) is 40.3 Å². The number of nitrogens with zero attached hydrogens (tertiary/aromatic N) is 2. The van der Waals surface area contributed by atoms with Crippen molar-refractivity contribution in [3.05, 3.63) is 28.8 Å². The molecule has 0 atom stereocenters. The molecule has 0 aliphatic carbocycles. The number of carbonyl (C=O) groups excluding carboxylic acids is 1. The molecule has 0 spiro atoms. The van der Waals surface area contributed by atoms with Gasteiger partial charge in [-0.1, -0.05) is 11.6 Å². The maximum absolute atomic E-state index is 12.0. The van der Waals surface area contributed by atoms with Crippen LogP contribution < -0.4 is 10.1 Å². The van der Waals surface area contributed by atoms with E-state index in [1.807, 2.05) is 6.07 Å². The van der Waals surface area contributed by atoms with Gasteiger partial charge in [0.15, 0.2) is 0 Å². The number of piperidine rings is 1. The lowest BCUT2D eigenvalue weighted by atomic mass is 10.00. The van der Waals surface area contributed by atoms with Crippen molar-refractivity contribution < 1.29 is 9.53 Å². The molecule has 126 valence electrons. The highest BCUT2D eigenvalue weighted by atomic mass is 35.5. The smallest absolute Gasteiger partial charge is 0.254 e. The Morgan fingerprint density at radius 2 is 2.00 bits per heavy atom. The van der Waals surface area contributed by atoms with Crippen molar-refractivity contribution >= 4 is 17.5 Å². The number of halogens is 1. The number of ether oxygens (including phenoxy) is 1. The fraction of sp³-hybridized carbons (Fsp3) is 0.588. The Bertz CT molecular complexity index is 567. The summed E-state index contributed by atoms with van der Waals surface area (Å²) in [5.74, 6) is 0.641. The summed E-state index contributed by atoms with van der Waals surface area (Å²) in [7, 11) is 3.43. The van der Waals surface area contributed by atoms with Gasteiger partial charge in [0.2, 0.25) is 0 Å². The van der Waals surface area contributed by atoms with Crippen LogP contribution in [-0.4, -0.2) is 68.1 Å². The number of amides is 1. The number of likely N-dealkylation sites (tertiary alicyclic amines) is 1. The monoisotopic (exact) mass is 337 g/mol. The minimum Gasteiger partial charge on any atom is -0.488 e. The summed E-state index contributed by atoms with van der Waals surface area (Å²) in [5, 5.41) is 3.83. The van der Waals surface area contributed by atoms with Crippen molar-refractivity contribution in [3.8, 4) is 5.75 Å². The molecular weight excluding hydrogens is 314 g/mol. The van der Waals surface area contributed by atoms with Crippen LogP contribution in [0, 0.1) is 0 Å². The highest BCUT2D eigenvalue weighted by Gasteiger charge is 2.34. The van der Waals surface area contributed by atoms with E-state index >= 15 is 0 Å². The lowest BCUT2D eigenvalue weighted by Crippen LogP contribution is -2.59. The summed E-state index contributed by atoms with van der Waals surface area (Å²) in [6.45, 7) is 4.18. The van der Waals surface area contributed by atoms with E-state index < -0.39 is 0 Å². The number of hydrogen-bond donors (Lipinski definition) is 1. The second-order valence-electron chi connectivity index (χ2n) is 6.52. The van der Waals surface area contributed by atoms with Gasteiger partial charge in [0.1, 0.15) is 11.9 Å². The summed E-state index contributed by atoms with van der Waals surface area (Å²) < 4.78 is 5.98. The topological polar surface area (TPSA) is 44.8 Å². The summed E-state index contributed by atoms with van der Waals surface area (Å²) >= 11 is 6.22. The Morgan fingerprint density at radius 3 is 2.61 bits per heavy atom. The van der Waals surface area contributed by atoms with Gasteiger partial charge in [0.05, 0.1) is 10.6 Å². The minimum absolute atomic E-state index is 0.0951. The minimum atomic E-state index is -0.0951.